The zero-order chi connectivity index (χ0) is 23.5. The number of aliphatic carboxylic acids is 1. The Kier molecular flexibility index (Phi) is 7.03. The molecule has 32 heavy (non-hydrogen) atoms. The molecule has 0 saturated carbocycles. The van der Waals surface area contributed by atoms with Gasteiger partial charge in [0, 0.05) is 36.7 Å². The predicted molar refractivity (Wildman–Crippen MR) is 118 cm³/mol. The Labute approximate surface area is 184 Å². The lowest BCUT2D eigenvalue weighted by Gasteiger charge is -2.37. The van der Waals surface area contributed by atoms with Crippen LogP contribution in [-0.2, 0) is 17.8 Å². The fourth-order valence-electron chi connectivity index (χ4n) is 3.84. The van der Waals surface area contributed by atoms with Crippen LogP contribution in [0.25, 0.3) is 17.0 Å². The van der Waals surface area contributed by atoms with Crippen molar-refractivity contribution in [2.24, 2.45) is 0 Å². The third-order valence-electron chi connectivity index (χ3n) is 5.21. The van der Waals surface area contributed by atoms with Crippen LogP contribution in [0.3, 0.4) is 0 Å². The molecule has 1 unspecified atom stereocenters. The molecular weight excluding hydrogens is 419 g/mol. The highest BCUT2D eigenvalue weighted by molar-refractivity contribution is 5.85. The number of benzene rings is 2. The quantitative estimate of drug-likeness (QED) is 0.547. The van der Waals surface area contributed by atoms with Gasteiger partial charge in [0.25, 0.3) is 0 Å². The minimum atomic E-state index is -1.16. The second kappa shape index (κ2) is 9.56. The number of carboxylic acids is 1. The molecule has 1 aromatic heterocycles. The Balaban J connectivity index is 0.000000195. The van der Waals surface area contributed by atoms with Crippen molar-refractivity contribution >= 4 is 22.9 Å². The summed E-state index contributed by atoms with van der Waals surface area (Å²) >= 11 is 0. The first kappa shape index (κ1) is 23.5. The Morgan fingerprint density at radius 2 is 1.97 bits per heavy atom. The molecule has 0 bridgehead atoms. The van der Waals surface area contributed by atoms with Crippen LogP contribution in [0.4, 0.5) is 13.2 Å². The number of aromatic amines is 1. The minimum absolute atomic E-state index is 0.180. The van der Waals surface area contributed by atoms with Gasteiger partial charge in [0.15, 0.2) is 0 Å². The van der Waals surface area contributed by atoms with Gasteiger partial charge in [-0.1, -0.05) is 6.07 Å². The summed E-state index contributed by atoms with van der Waals surface area (Å²) in [6.07, 6.45) is 4.79. The molecular formula is C24H26F3N3O2. The molecule has 5 nitrogen and oxygen atoms in total. The molecule has 2 N–H and O–H groups in total. The smallest absolute Gasteiger partial charge is 0.328 e. The highest BCUT2D eigenvalue weighted by atomic mass is 19.1. The third kappa shape index (κ3) is 6.20. The highest BCUT2D eigenvalue weighted by Gasteiger charge is 2.29. The average molecular weight is 445 g/mol. The van der Waals surface area contributed by atoms with Gasteiger partial charge in [0.2, 0.25) is 0 Å². The topological polar surface area (TPSA) is 69.2 Å². The van der Waals surface area contributed by atoms with Crippen LogP contribution >= 0.6 is 0 Å². The van der Waals surface area contributed by atoms with Crippen molar-refractivity contribution in [3.63, 3.8) is 0 Å². The number of carbonyl (C=O) groups is 1. The zero-order valence-electron chi connectivity index (χ0n) is 18.2. The van der Waals surface area contributed by atoms with Crippen molar-refractivity contribution in [2.45, 2.75) is 45.4 Å². The standard InChI is InChI=1S/C15H20FN3.C9H6F2O2/c1-10-6-12-11(8-19(10)9-15(2,3)16)4-5-14-13(12)7-17-18-14;10-7-3-6(1-2-9(12)13)4-8(11)5-7/h4-5,7,10H,6,8-9H2,1-3H3,(H,17,18);1-5H,(H,12,13)/b;2-1+. The van der Waals surface area contributed by atoms with Crippen LogP contribution in [-0.4, -0.2) is 44.4 Å². The van der Waals surface area contributed by atoms with E-state index in [1.165, 1.54) is 16.5 Å². The van der Waals surface area contributed by atoms with Gasteiger partial charge in [0.1, 0.15) is 17.3 Å². The van der Waals surface area contributed by atoms with E-state index in [1.54, 1.807) is 13.8 Å². The van der Waals surface area contributed by atoms with Gasteiger partial charge in [-0.05, 0) is 68.2 Å². The molecule has 8 heteroatoms. The first-order valence-electron chi connectivity index (χ1n) is 10.3. The van der Waals surface area contributed by atoms with Gasteiger partial charge in [-0.2, -0.15) is 5.10 Å². The lowest BCUT2D eigenvalue weighted by molar-refractivity contribution is -0.131. The average Bonchev–Trinajstić information content (AvgIpc) is 3.15. The fourth-order valence-corrected chi connectivity index (χ4v) is 3.84. The second-order valence-electron chi connectivity index (χ2n) is 8.59. The SMILES string of the molecule is CC1Cc2c(ccc3[nH]ncc23)CN1CC(C)(C)F.O=C(O)/C=C/c1cc(F)cc(F)c1. The number of hydrogen-bond acceptors (Lipinski definition) is 3. The number of alkyl halides is 1. The lowest BCUT2D eigenvalue weighted by atomic mass is 9.91. The second-order valence-corrected chi connectivity index (χ2v) is 8.59. The molecule has 4 rings (SSSR count). The molecule has 2 heterocycles. The summed E-state index contributed by atoms with van der Waals surface area (Å²) in [5.41, 5.74) is 2.79. The Hall–Kier alpha value is -3.13. The van der Waals surface area contributed by atoms with Gasteiger partial charge in [-0.25, -0.2) is 18.0 Å². The Morgan fingerprint density at radius 1 is 1.28 bits per heavy atom. The van der Waals surface area contributed by atoms with Crippen molar-refractivity contribution in [3.05, 3.63) is 70.9 Å². The highest BCUT2D eigenvalue weighted by Crippen LogP contribution is 2.30. The van der Waals surface area contributed by atoms with Crippen molar-refractivity contribution in [1.29, 1.82) is 0 Å². The summed E-state index contributed by atoms with van der Waals surface area (Å²) < 4.78 is 38.9. The van der Waals surface area contributed by atoms with E-state index >= 15 is 0 Å². The Bertz CT molecular complexity index is 1110. The van der Waals surface area contributed by atoms with Crippen LogP contribution in [0, 0.1) is 11.6 Å². The van der Waals surface area contributed by atoms with Gasteiger partial charge in [0.05, 0.1) is 11.7 Å². The molecule has 1 aliphatic rings. The van der Waals surface area contributed by atoms with Crippen LogP contribution < -0.4 is 0 Å². The molecule has 2 aromatic carbocycles. The van der Waals surface area contributed by atoms with E-state index in [4.69, 9.17) is 5.11 Å². The van der Waals surface area contributed by atoms with Gasteiger partial charge >= 0.3 is 5.97 Å². The zero-order valence-corrected chi connectivity index (χ0v) is 18.2. The maximum atomic E-state index is 13.9. The summed E-state index contributed by atoms with van der Waals surface area (Å²) in [6, 6.07) is 7.38. The molecule has 0 spiro atoms. The largest absolute Gasteiger partial charge is 0.478 e. The number of H-pyrrole nitrogens is 1. The van der Waals surface area contributed by atoms with Gasteiger partial charge < -0.3 is 5.11 Å². The van der Waals surface area contributed by atoms with E-state index in [0.29, 0.717) is 12.6 Å². The van der Waals surface area contributed by atoms with Crippen LogP contribution in [0.2, 0.25) is 0 Å². The maximum absolute atomic E-state index is 13.9. The van der Waals surface area contributed by atoms with Crippen molar-refractivity contribution in [2.75, 3.05) is 6.54 Å². The summed E-state index contributed by atoms with van der Waals surface area (Å²) in [7, 11) is 0. The number of aromatic nitrogens is 2. The monoisotopic (exact) mass is 445 g/mol. The third-order valence-corrected chi connectivity index (χ3v) is 5.21. The van der Waals surface area contributed by atoms with Crippen molar-refractivity contribution in [3.8, 4) is 0 Å². The van der Waals surface area contributed by atoms with Crippen LogP contribution in [0.15, 0.2) is 42.6 Å². The molecule has 3 aromatic rings. The van der Waals surface area contributed by atoms with Crippen molar-refractivity contribution in [1.82, 2.24) is 15.1 Å². The van der Waals surface area contributed by atoms with Gasteiger partial charge in [-0.15, -0.1) is 0 Å². The van der Waals surface area contributed by atoms with E-state index in [-0.39, 0.29) is 5.56 Å². The van der Waals surface area contributed by atoms with Crippen LogP contribution in [0.5, 0.6) is 0 Å². The number of rotatable bonds is 4. The summed E-state index contributed by atoms with van der Waals surface area (Å²) in [5, 5.41) is 16.6. The first-order chi connectivity index (χ1) is 15.0. The summed E-state index contributed by atoms with van der Waals surface area (Å²) in [6.45, 7) is 6.78. The molecule has 0 saturated heterocycles. The number of nitrogens with zero attached hydrogens (tertiary/aromatic N) is 2. The molecule has 0 aliphatic carbocycles. The van der Waals surface area contributed by atoms with Crippen molar-refractivity contribution < 1.29 is 23.1 Å². The fraction of sp³-hybridized carbons (Fsp3) is 0.333. The summed E-state index contributed by atoms with van der Waals surface area (Å²) in [5.74, 6) is -2.63. The molecule has 1 aliphatic heterocycles. The van der Waals surface area contributed by atoms with E-state index in [0.717, 1.165) is 48.8 Å². The Morgan fingerprint density at radius 3 is 2.59 bits per heavy atom. The number of hydrogen-bond donors (Lipinski definition) is 2. The molecule has 170 valence electrons. The number of halogens is 3. The first-order valence-corrected chi connectivity index (χ1v) is 10.3. The van der Waals surface area contributed by atoms with E-state index in [9.17, 15) is 18.0 Å². The lowest BCUT2D eigenvalue weighted by Crippen LogP contribution is -2.44. The number of carboxylic acid groups (broad SMARTS) is 1. The van der Waals surface area contributed by atoms with E-state index in [1.807, 2.05) is 6.20 Å². The molecule has 0 amide bonds. The summed E-state index contributed by atoms with van der Waals surface area (Å²) in [4.78, 5) is 12.3. The normalized spacial score (nSPS) is 16.6. The van der Waals surface area contributed by atoms with E-state index in [2.05, 4.69) is 34.2 Å². The van der Waals surface area contributed by atoms with Crippen LogP contribution in [0.1, 0.15) is 37.5 Å². The number of nitrogens with one attached hydrogen (secondary N) is 1. The maximum Gasteiger partial charge on any atom is 0.328 e. The molecule has 0 fully saturated rings. The number of fused-ring (bicyclic) bond motifs is 3. The van der Waals surface area contributed by atoms with E-state index < -0.39 is 23.3 Å². The minimum Gasteiger partial charge on any atom is -0.478 e. The molecule has 0 radical (unpaired) electrons. The van der Waals surface area contributed by atoms with Gasteiger partial charge in [-0.3, -0.25) is 10.00 Å². The molecule has 1 atom stereocenters. The predicted octanol–water partition coefficient (Wildman–Crippen LogP) is 5.12.